The van der Waals surface area contributed by atoms with Crippen LogP contribution in [-0.4, -0.2) is 19.5 Å². The van der Waals surface area contributed by atoms with Crippen molar-refractivity contribution in [2.45, 2.75) is 45.1 Å². The molecule has 4 nitrogen and oxygen atoms in total. The Morgan fingerprint density at radius 1 is 1.13 bits per heavy atom. The van der Waals surface area contributed by atoms with E-state index in [1.54, 1.807) is 0 Å². The summed E-state index contributed by atoms with van der Waals surface area (Å²) in [6, 6.07) is 6.85. The zero-order valence-corrected chi connectivity index (χ0v) is 13.9. The molecule has 1 aliphatic rings. The SMILES string of the molecule is Cc1cc(-c2cc3cnc(Cl)nc3n2C2CCCCC2)ccn1. The summed E-state index contributed by atoms with van der Waals surface area (Å²) < 4.78 is 2.37. The average molecular weight is 327 g/mol. The Labute approximate surface area is 140 Å². The Kier molecular flexibility index (Phi) is 3.77. The molecule has 0 aromatic carbocycles. The van der Waals surface area contributed by atoms with Crippen LogP contribution in [0.3, 0.4) is 0 Å². The maximum absolute atomic E-state index is 6.06. The van der Waals surface area contributed by atoms with Gasteiger partial charge in [-0.15, -0.1) is 0 Å². The van der Waals surface area contributed by atoms with E-state index in [1.165, 1.54) is 43.4 Å². The maximum Gasteiger partial charge on any atom is 0.224 e. The molecule has 0 unspecified atom stereocenters. The minimum Gasteiger partial charge on any atom is -0.322 e. The number of hydrogen-bond acceptors (Lipinski definition) is 3. The van der Waals surface area contributed by atoms with Gasteiger partial charge in [0.2, 0.25) is 5.28 Å². The van der Waals surface area contributed by atoms with Crippen LogP contribution < -0.4 is 0 Å². The van der Waals surface area contributed by atoms with E-state index in [9.17, 15) is 0 Å². The highest BCUT2D eigenvalue weighted by Crippen LogP contribution is 2.37. The van der Waals surface area contributed by atoms with Crippen LogP contribution in [0.2, 0.25) is 5.28 Å². The first-order chi connectivity index (χ1) is 11.2. The molecule has 0 radical (unpaired) electrons. The third-order valence-corrected chi connectivity index (χ3v) is 4.86. The Morgan fingerprint density at radius 2 is 1.96 bits per heavy atom. The Morgan fingerprint density at radius 3 is 2.74 bits per heavy atom. The molecule has 5 heteroatoms. The lowest BCUT2D eigenvalue weighted by atomic mass is 9.95. The Balaban J connectivity index is 1.95. The third kappa shape index (κ3) is 2.72. The summed E-state index contributed by atoms with van der Waals surface area (Å²) in [6.07, 6.45) is 9.96. The largest absolute Gasteiger partial charge is 0.322 e. The van der Waals surface area contributed by atoms with Crippen LogP contribution in [-0.2, 0) is 0 Å². The van der Waals surface area contributed by atoms with Crippen molar-refractivity contribution >= 4 is 22.6 Å². The van der Waals surface area contributed by atoms with Gasteiger partial charge >= 0.3 is 0 Å². The smallest absolute Gasteiger partial charge is 0.224 e. The molecular formula is C18H19ClN4. The van der Waals surface area contributed by atoms with E-state index < -0.39 is 0 Å². The molecule has 3 aromatic heterocycles. The van der Waals surface area contributed by atoms with E-state index in [0.717, 1.165) is 16.7 Å². The number of fused-ring (bicyclic) bond motifs is 1. The highest BCUT2D eigenvalue weighted by atomic mass is 35.5. The van der Waals surface area contributed by atoms with Crippen molar-refractivity contribution in [2.75, 3.05) is 0 Å². The van der Waals surface area contributed by atoms with Gasteiger partial charge in [0.1, 0.15) is 5.65 Å². The molecule has 3 aromatic rings. The standard InChI is InChI=1S/C18H19ClN4/c1-12-9-13(7-8-20-12)16-10-14-11-21-18(19)22-17(14)23(16)15-5-3-2-4-6-15/h7-11,15H,2-6H2,1H3. The van der Waals surface area contributed by atoms with Crippen molar-refractivity contribution in [3.05, 3.63) is 41.6 Å². The van der Waals surface area contributed by atoms with Gasteiger partial charge in [-0.05, 0) is 49.6 Å². The highest BCUT2D eigenvalue weighted by molar-refractivity contribution is 6.28. The summed E-state index contributed by atoms with van der Waals surface area (Å²) in [7, 11) is 0. The summed E-state index contributed by atoms with van der Waals surface area (Å²) in [5.41, 5.74) is 4.33. The molecule has 0 bridgehead atoms. The van der Waals surface area contributed by atoms with Crippen molar-refractivity contribution in [1.29, 1.82) is 0 Å². The summed E-state index contributed by atoms with van der Waals surface area (Å²) >= 11 is 6.06. The molecule has 118 valence electrons. The highest BCUT2D eigenvalue weighted by Gasteiger charge is 2.22. The molecule has 4 rings (SSSR count). The van der Waals surface area contributed by atoms with E-state index in [0.29, 0.717) is 11.3 Å². The lowest BCUT2D eigenvalue weighted by Gasteiger charge is -2.26. The minimum absolute atomic E-state index is 0.310. The van der Waals surface area contributed by atoms with Crippen molar-refractivity contribution in [2.24, 2.45) is 0 Å². The van der Waals surface area contributed by atoms with Gasteiger partial charge in [-0.25, -0.2) is 4.98 Å². The van der Waals surface area contributed by atoms with Crippen molar-refractivity contribution in [1.82, 2.24) is 19.5 Å². The van der Waals surface area contributed by atoms with E-state index in [1.807, 2.05) is 19.3 Å². The van der Waals surface area contributed by atoms with E-state index >= 15 is 0 Å². The van der Waals surface area contributed by atoms with Crippen LogP contribution in [0.25, 0.3) is 22.3 Å². The number of halogens is 1. The number of hydrogen-bond donors (Lipinski definition) is 0. The van der Waals surface area contributed by atoms with Gasteiger partial charge in [0.25, 0.3) is 0 Å². The molecule has 0 N–H and O–H groups in total. The van der Waals surface area contributed by atoms with Gasteiger partial charge in [-0.1, -0.05) is 19.3 Å². The second-order valence-corrected chi connectivity index (χ2v) is 6.63. The number of rotatable bonds is 2. The first kappa shape index (κ1) is 14.6. The number of aryl methyl sites for hydroxylation is 1. The second kappa shape index (κ2) is 5.93. The minimum atomic E-state index is 0.310. The van der Waals surface area contributed by atoms with E-state index in [2.05, 4.69) is 37.7 Å². The first-order valence-corrected chi connectivity index (χ1v) is 8.57. The van der Waals surface area contributed by atoms with Crippen LogP contribution in [0.1, 0.15) is 43.8 Å². The fourth-order valence-corrected chi connectivity index (χ4v) is 3.75. The van der Waals surface area contributed by atoms with Gasteiger partial charge in [0.05, 0.1) is 5.69 Å². The Bertz CT molecular complexity index is 849. The van der Waals surface area contributed by atoms with E-state index in [4.69, 9.17) is 11.6 Å². The van der Waals surface area contributed by atoms with Gasteiger partial charge in [-0.2, -0.15) is 4.98 Å². The monoisotopic (exact) mass is 326 g/mol. The molecule has 1 fully saturated rings. The predicted octanol–water partition coefficient (Wildman–Crippen LogP) is 4.96. The van der Waals surface area contributed by atoms with Crippen molar-refractivity contribution in [3.63, 3.8) is 0 Å². The van der Waals surface area contributed by atoms with Crippen LogP contribution in [0, 0.1) is 6.92 Å². The van der Waals surface area contributed by atoms with Crippen LogP contribution in [0.15, 0.2) is 30.6 Å². The summed E-state index contributed by atoms with van der Waals surface area (Å²) in [5, 5.41) is 1.36. The quantitative estimate of drug-likeness (QED) is 0.625. The summed E-state index contributed by atoms with van der Waals surface area (Å²) in [4.78, 5) is 13.0. The molecule has 0 atom stereocenters. The lowest BCUT2D eigenvalue weighted by molar-refractivity contribution is 0.362. The molecule has 0 saturated heterocycles. The predicted molar refractivity (Wildman–Crippen MR) is 92.6 cm³/mol. The van der Waals surface area contributed by atoms with Gasteiger partial charge in [0.15, 0.2) is 0 Å². The molecule has 1 aliphatic carbocycles. The zero-order valence-electron chi connectivity index (χ0n) is 13.2. The zero-order chi connectivity index (χ0) is 15.8. The fourth-order valence-electron chi connectivity index (χ4n) is 3.62. The molecule has 3 heterocycles. The average Bonchev–Trinajstić information content (AvgIpc) is 2.94. The number of aromatic nitrogens is 4. The van der Waals surface area contributed by atoms with Crippen molar-refractivity contribution in [3.8, 4) is 11.3 Å². The van der Waals surface area contributed by atoms with Crippen molar-refractivity contribution < 1.29 is 0 Å². The van der Waals surface area contributed by atoms with Gasteiger partial charge < -0.3 is 4.57 Å². The van der Waals surface area contributed by atoms with Gasteiger partial charge in [0, 0.05) is 35.1 Å². The third-order valence-electron chi connectivity index (χ3n) is 4.68. The summed E-state index contributed by atoms with van der Waals surface area (Å²) in [5.74, 6) is 0. The normalized spacial score (nSPS) is 16.1. The summed E-state index contributed by atoms with van der Waals surface area (Å²) in [6.45, 7) is 2.02. The maximum atomic E-state index is 6.06. The molecule has 0 aliphatic heterocycles. The number of nitrogens with zero attached hydrogens (tertiary/aromatic N) is 4. The van der Waals surface area contributed by atoms with Crippen LogP contribution >= 0.6 is 11.6 Å². The molecule has 23 heavy (non-hydrogen) atoms. The van der Waals surface area contributed by atoms with Crippen LogP contribution in [0.5, 0.6) is 0 Å². The Hall–Kier alpha value is -1.94. The number of pyridine rings is 1. The second-order valence-electron chi connectivity index (χ2n) is 6.30. The topological polar surface area (TPSA) is 43.6 Å². The first-order valence-electron chi connectivity index (χ1n) is 8.19. The fraction of sp³-hybridized carbons (Fsp3) is 0.389. The van der Waals surface area contributed by atoms with Gasteiger partial charge in [-0.3, -0.25) is 4.98 Å². The van der Waals surface area contributed by atoms with E-state index in [-0.39, 0.29) is 0 Å². The molecule has 0 spiro atoms. The van der Waals surface area contributed by atoms with Crippen LogP contribution in [0.4, 0.5) is 0 Å². The molecule has 1 saturated carbocycles. The molecule has 0 amide bonds. The molecular weight excluding hydrogens is 308 g/mol. The lowest BCUT2D eigenvalue weighted by Crippen LogP contribution is -2.14.